The van der Waals surface area contributed by atoms with Gasteiger partial charge in [-0.15, -0.1) is 0 Å². The van der Waals surface area contributed by atoms with Gasteiger partial charge in [-0.3, -0.25) is 0 Å². The van der Waals surface area contributed by atoms with Crippen LogP contribution in [0, 0.1) is 0 Å². The van der Waals surface area contributed by atoms with Gasteiger partial charge in [-0.25, -0.2) is 0 Å². The van der Waals surface area contributed by atoms with Crippen molar-refractivity contribution in [2.24, 2.45) is 0 Å². The van der Waals surface area contributed by atoms with E-state index in [0.29, 0.717) is 70.7 Å². The zero-order valence-electron chi connectivity index (χ0n) is 14.9. The van der Waals surface area contributed by atoms with Crippen molar-refractivity contribution in [1.82, 2.24) is 0 Å². The van der Waals surface area contributed by atoms with E-state index in [1.165, 1.54) is 0 Å². The fourth-order valence-electron chi connectivity index (χ4n) is 1.89. The molecule has 4 saturated heterocycles. The first kappa shape index (κ1) is 22.0. The highest BCUT2D eigenvalue weighted by molar-refractivity contribution is 4.70. The number of hydrogen-bond donors (Lipinski definition) is 0. The van der Waals surface area contributed by atoms with Gasteiger partial charge in [0.15, 0.2) is 0 Å². The molecule has 0 aromatic carbocycles. The smallest absolute Gasteiger partial charge is 0.104 e. The minimum absolute atomic E-state index is 0. The van der Waals surface area contributed by atoms with Crippen molar-refractivity contribution in [2.75, 3.05) is 72.7 Å². The van der Waals surface area contributed by atoms with Crippen LogP contribution in [0.1, 0.15) is 14.4 Å². The third-order valence-electron chi connectivity index (χ3n) is 3.81. The van der Waals surface area contributed by atoms with E-state index in [0.717, 1.165) is 26.4 Å². The van der Waals surface area contributed by atoms with Crippen LogP contribution in [-0.4, -0.2) is 103 Å². The Balaban J connectivity index is 0.000000180. The summed E-state index contributed by atoms with van der Waals surface area (Å²) < 4.78 is 41.4. The molecule has 0 bridgehead atoms. The van der Waals surface area contributed by atoms with E-state index in [-0.39, 0.29) is 13.5 Å². The second-order valence-corrected chi connectivity index (χ2v) is 6.65. The van der Waals surface area contributed by atoms with Crippen molar-refractivity contribution in [1.29, 1.82) is 0 Å². The minimum Gasteiger partial charge on any atom is -0.376 e. The van der Waals surface area contributed by atoms with E-state index in [2.05, 4.69) is 0 Å². The van der Waals surface area contributed by atoms with Gasteiger partial charge in [0, 0.05) is 0 Å². The second kappa shape index (κ2) is 12.2. The van der Waals surface area contributed by atoms with Gasteiger partial charge >= 0.3 is 0 Å². The summed E-state index contributed by atoms with van der Waals surface area (Å²) in [5, 5.41) is 0. The molecule has 0 radical (unpaired) electrons. The molecule has 5 unspecified atom stereocenters. The monoisotopic (exact) mass is 378 g/mol. The van der Waals surface area contributed by atoms with Crippen LogP contribution in [-0.2, 0) is 37.9 Å². The molecule has 0 N–H and O–H groups in total. The van der Waals surface area contributed by atoms with Crippen molar-refractivity contribution in [3.05, 3.63) is 0 Å². The van der Waals surface area contributed by atoms with Crippen LogP contribution in [0.4, 0.5) is 0 Å². The fourth-order valence-corrected chi connectivity index (χ4v) is 1.89. The van der Waals surface area contributed by atoms with Crippen molar-refractivity contribution >= 4 is 0 Å². The number of epoxide rings is 4. The Bertz CT molecular complexity index is 337. The lowest BCUT2D eigenvalue weighted by Gasteiger charge is -2.11. The van der Waals surface area contributed by atoms with Gasteiger partial charge in [-0.1, -0.05) is 7.43 Å². The van der Waals surface area contributed by atoms with Gasteiger partial charge in [0.1, 0.15) is 24.4 Å². The quantitative estimate of drug-likeness (QED) is 0.322. The van der Waals surface area contributed by atoms with Gasteiger partial charge in [0.25, 0.3) is 0 Å². The molecule has 0 saturated carbocycles. The normalized spacial score (nSPS) is 31.3. The third-order valence-corrected chi connectivity index (χ3v) is 3.81. The topological polar surface area (TPSA) is 87.0 Å². The maximum atomic E-state index is 5.48. The van der Waals surface area contributed by atoms with E-state index in [1.54, 1.807) is 0 Å². The number of rotatable bonds is 14. The highest BCUT2D eigenvalue weighted by atomic mass is 16.6. The van der Waals surface area contributed by atoms with Gasteiger partial charge in [-0.2, -0.15) is 0 Å². The maximum Gasteiger partial charge on any atom is 0.104 e. The minimum atomic E-state index is 0. The molecule has 8 nitrogen and oxygen atoms in total. The maximum absolute atomic E-state index is 5.48. The van der Waals surface area contributed by atoms with Crippen molar-refractivity contribution in [3.63, 3.8) is 0 Å². The van der Waals surface area contributed by atoms with Crippen LogP contribution in [0.15, 0.2) is 0 Å². The summed E-state index contributed by atoms with van der Waals surface area (Å²) in [6.07, 6.45) is 1.56. The Morgan fingerprint density at radius 2 is 1.08 bits per heavy atom. The first-order chi connectivity index (χ1) is 12.3. The largest absolute Gasteiger partial charge is 0.376 e. The third kappa shape index (κ3) is 12.1. The highest BCUT2D eigenvalue weighted by Gasteiger charge is 2.25. The first-order valence-electron chi connectivity index (χ1n) is 9.11. The van der Waals surface area contributed by atoms with Crippen LogP contribution in [0.3, 0.4) is 0 Å². The molecular formula is C18H34O8. The molecule has 4 fully saturated rings. The Hall–Kier alpha value is -0.320. The van der Waals surface area contributed by atoms with Gasteiger partial charge in [0.05, 0.1) is 78.8 Å². The summed E-state index contributed by atoms with van der Waals surface area (Å²) in [6.45, 7) is 10.2. The molecule has 26 heavy (non-hydrogen) atoms. The van der Waals surface area contributed by atoms with Crippen LogP contribution >= 0.6 is 0 Å². The lowest BCUT2D eigenvalue weighted by atomic mass is 10.4. The molecule has 0 aromatic rings. The summed E-state index contributed by atoms with van der Waals surface area (Å²) >= 11 is 0. The molecule has 0 amide bonds. The van der Waals surface area contributed by atoms with E-state index in [9.17, 15) is 0 Å². The van der Waals surface area contributed by atoms with Crippen LogP contribution in [0.5, 0.6) is 0 Å². The average molecular weight is 378 g/mol. The summed E-state index contributed by atoms with van der Waals surface area (Å²) in [5.41, 5.74) is 0. The molecule has 154 valence electrons. The fraction of sp³-hybridized carbons (Fsp3) is 1.00. The molecule has 8 heteroatoms. The predicted molar refractivity (Wildman–Crippen MR) is 93.6 cm³/mol. The Morgan fingerprint density at radius 1 is 0.692 bits per heavy atom. The molecule has 0 aliphatic carbocycles. The van der Waals surface area contributed by atoms with Crippen molar-refractivity contribution < 1.29 is 37.9 Å². The first-order valence-corrected chi connectivity index (χ1v) is 9.11. The van der Waals surface area contributed by atoms with E-state index < -0.39 is 0 Å². The Kier molecular flexibility index (Phi) is 10.3. The lowest BCUT2D eigenvalue weighted by Crippen LogP contribution is -2.19. The summed E-state index contributed by atoms with van der Waals surface area (Å²) in [5.74, 6) is 0. The zero-order chi connectivity index (χ0) is 17.3. The molecule has 0 aromatic heterocycles. The van der Waals surface area contributed by atoms with Gasteiger partial charge in [0.2, 0.25) is 0 Å². The molecule has 4 aliphatic heterocycles. The zero-order valence-corrected chi connectivity index (χ0v) is 14.9. The molecule has 4 aliphatic rings. The van der Waals surface area contributed by atoms with Gasteiger partial charge < -0.3 is 37.9 Å². The van der Waals surface area contributed by atoms with E-state index in [1.807, 2.05) is 6.92 Å². The predicted octanol–water partition coefficient (Wildman–Crippen LogP) is 0.659. The number of hydrogen-bond acceptors (Lipinski definition) is 8. The molecule has 0 spiro atoms. The van der Waals surface area contributed by atoms with Crippen LogP contribution in [0.2, 0.25) is 0 Å². The number of ether oxygens (including phenoxy) is 8. The van der Waals surface area contributed by atoms with Crippen molar-refractivity contribution in [3.8, 4) is 0 Å². The van der Waals surface area contributed by atoms with E-state index in [4.69, 9.17) is 37.9 Å². The molecular weight excluding hydrogens is 344 g/mol. The second-order valence-electron chi connectivity index (χ2n) is 6.65. The van der Waals surface area contributed by atoms with Crippen molar-refractivity contribution in [2.45, 2.75) is 44.9 Å². The van der Waals surface area contributed by atoms with Crippen LogP contribution < -0.4 is 0 Å². The Morgan fingerprint density at radius 3 is 1.50 bits per heavy atom. The summed E-state index contributed by atoms with van der Waals surface area (Å²) in [4.78, 5) is 0. The van der Waals surface area contributed by atoms with E-state index >= 15 is 0 Å². The Labute approximate surface area is 156 Å². The molecule has 4 heterocycles. The molecule has 4 rings (SSSR count). The average Bonchev–Trinajstić information content (AvgIpc) is 3.47. The summed E-state index contributed by atoms with van der Waals surface area (Å²) in [6, 6.07) is 0. The molecule has 5 atom stereocenters. The van der Waals surface area contributed by atoms with Gasteiger partial charge in [-0.05, 0) is 6.92 Å². The highest BCUT2D eigenvalue weighted by Crippen LogP contribution is 2.11. The standard InChI is InChI=1S/C9H16O4.C8H14O4.CH4/c1-7(11-4-9-6-13-9)2-10-3-8-5-12-8;1(9-3-7-5-11-7)2-10-4-8-6-12-8;/h7-9H,2-6H2,1H3;7-8H,1-6H2;1H4. The SMILES string of the molecule is C.C(COCC1CO1)OCC1CO1.CC(COCC1CO1)OCC1CO1. The lowest BCUT2D eigenvalue weighted by molar-refractivity contribution is -0.0146. The van der Waals surface area contributed by atoms with Crippen LogP contribution in [0.25, 0.3) is 0 Å². The summed E-state index contributed by atoms with van der Waals surface area (Å²) in [7, 11) is 0.